The summed E-state index contributed by atoms with van der Waals surface area (Å²) in [6, 6.07) is 10.9. The molecule has 0 aliphatic heterocycles. The highest BCUT2D eigenvalue weighted by molar-refractivity contribution is 7.92. The molecule has 3 rings (SSSR count). The number of carbonyl (C=O) groups excluding carboxylic acids is 1. The molecule has 1 heterocycles. The van der Waals surface area contributed by atoms with Crippen LogP contribution in [-0.4, -0.2) is 24.6 Å². The van der Waals surface area contributed by atoms with E-state index in [9.17, 15) is 13.2 Å². The molecule has 0 aliphatic carbocycles. The number of hydrogen-bond acceptors (Lipinski definition) is 5. The van der Waals surface area contributed by atoms with E-state index in [1.54, 1.807) is 37.4 Å². The fraction of sp³-hybridized carbons (Fsp3) is 0.158. The number of thiazole rings is 1. The molecule has 0 spiro atoms. The maximum atomic E-state index is 12.4. The third kappa shape index (κ3) is 4.38. The van der Waals surface area contributed by atoms with Gasteiger partial charge in [0, 0.05) is 21.5 Å². The predicted octanol–water partition coefficient (Wildman–Crippen LogP) is 5.55. The SMILES string of the molecule is CC(C)S(=O)(=O)c1ccc(C(=O)Nc2nc(-c3ccc(Cl)cc3Cl)cs2)cc1. The van der Waals surface area contributed by atoms with Crippen molar-refractivity contribution in [1.82, 2.24) is 4.98 Å². The topological polar surface area (TPSA) is 76.1 Å². The van der Waals surface area contributed by atoms with Gasteiger partial charge in [-0.25, -0.2) is 13.4 Å². The first kappa shape index (κ1) is 20.8. The summed E-state index contributed by atoms with van der Waals surface area (Å²) < 4.78 is 24.3. The molecule has 1 amide bonds. The smallest absolute Gasteiger partial charge is 0.257 e. The second-order valence-electron chi connectivity index (χ2n) is 6.23. The number of anilines is 1. The predicted molar refractivity (Wildman–Crippen MR) is 114 cm³/mol. The molecule has 9 heteroatoms. The minimum atomic E-state index is -3.38. The molecule has 0 atom stereocenters. The van der Waals surface area contributed by atoms with Crippen molar-refractivity contribution in [3.63, 3.8) is 0 Å². The molecule has 3 aromatic rings. The van der Waals surface area contributed by atoms with Gasteiger partial charge in [-0.15, -0.1) is 11.3 Å². The summed E-state index contributed by atoms with van der Waals surface area (Å²) in [5, 5.41) is 5.37. The lowest BCUT2D eigenvalue weighted by atomic mass is 10.2. The van der Waals surface area contributed by atoms with Gasteiger partial charge in [-0.3, -0.25) is 10.1 Å². The summed E-state index contributed by atoms with van der Waals surface area (Å²) in [6.07, 6.45) is 0. The second-order valence-corrected chi connectivity index (χ2v) is 10.4. The molecule has 1 N–H and O–H groups in total. The number of nitrogens with one attached hydrogen (secondary N) is 1. The minimum absolute atomic E-state index is 0.188. The van der Waals surface area contributed by atoms with Crippen LogP contribution < -0.4 is 5.32 Å². The maximum Gasteiger partial charge on any atom is 0.257 e. The van der Waals surface area contributed by atoms with E-state index >= 15 is 0 Å². The zero-order valence-corrected chi connectivity index (χ0v) is 18.1. The van der Waals surface area contributed by atoms with Gasteiger partial charge < -0.3 is 0 Å². The summed E-state index contributed by atoms with van der Waals surface area (Å²) in [6.45, 7) is 3.23. The van der Waals surface area contributed by atoms with Crippen molar-refractivity contribution in [3.05, 3.63) is 63.5 Å². The van der Waals surface area contributed by atoms with Gasteiger partial charge >= 0.3 is 0 Å². The molecule has 5 nitrogen and oxygen atoms in total. The van der Waals surface area contributed by atoms with Crippen molar-refractivity contribution in [1.29, 1.82) is 0 Å². The van der Waals surface area contributed by atoms with Gasteiger partial charge in [0.2, 0.25) is 0 Å². The van der Waals surface area contributed by atoms with E-state index in [1.807, 2.05) is 0 Å². The monoisotopic (exact) mass is 454 g/mol. The van der Waals surface area contributed by atoms with Crippen LogP contribution in [0.2, 0.25) is 10.0 Å². The highest BCUT2D eigenvalue weighted by Crippen LogP contribution is 2.32. The van der Waals surface area contributed by atoms with Crippen LogP contribution >= 0.6 is 34.5 Å². The molecule has 0 unspecified atom stereocenters. The Labute approximate surface area is 177 Å². The van der Waals surface area contributed by atoms with Gasteiger partial charge in [0.15, 0.2) is 15.0 Å². The van der Waals surface area contributed by atoms with E-state index in [0.29, 0.717) is 32.0 Å². The fourth-order valence-corrected chi connectivity index (χ4v) is 4.66. The average Bonchev–Trinajstić information content (AvgIpc) is 3.09. The third-order valence-corrected chi connectivity index (χ3v) is 7.47. The summed E-state index contributed by atoms with van der Waals surface area (Å²) in [4.78, 5) is 17.0. The number of aromatic nitrogens is 1. The molecule has 0 aliphatic rings. The van der Waals surface area contributed by atoms with Crippen LogP contribution in [0, 0.1) is 0 Å². The van der Waals surface area contributed by atoms with E-state index in [-0.39, 0.29) is 10.8 Å². The fourth-order valence-electron chi connectivity index (χ4n) is 2.39. The largest absolute Gasteiger partial charge is 0.298 e. The van der Waals surface area contributed by atoms with Gasteiger partial charge in [-0.05, 0) is 56.3 Å². The number of benzene rings is 2. The van der Waals surface area contributed by atoms with Gasteiger partial charge in [0.05, 0.1) is 20.9 Å². The van der Waals surface area contributed by atoms with Crippen LogP contribution in [0.3, 0.4) is 0 Å². The van der Waals surface area contributed by atoms with Crippen LogP contribution in [0.4, 0.5) is 5.13 Å². The number of amides is 1. The lowest BCUT2D eigenvalue weighted by molar-refractivity contribution is 0.102. The summed E-state index contributed by atoms with van der Waals surface area (Å²) in [7, 11) is -3.38. The number of nitrogens with zero attached hydrogens (tertiary/aromatic N) is 1. The summed E-state index contributed by atoms with van der Waals surface area (Å²) in [5.74, 6) is -0.378. The quantitative estimate of drug-likeness (QED) is 0.547. The van der Waals surface area contributed by atoms with E-state index in [0.717, 1.165) is 0 Å². The molecule has 0 radical (unpaired) electrons. The molecule has 1 aromatic heterocycles. The van der Waals surface area contributed by atoms with Gasteiger partial charge in [-0.1, -0.05) is 23.2 Å². The number of rotatable bonds is 5. The normalized spacial score (nSPS) is 11.6. The Hall–Kier alpha value is -1.93. The number of halogens is 2. The molecular formula is C19H16Cl2N2O3S2. The van der Waals surface area contributed by atoms with Crippen molar-refractivity contribution >= 4 is 55.4 Å². The Morgan fingerprint density at radius 3 is 2.39 bits per heavy atom. The van der Waals surface area contributed by atoms with Gasteiger partial charge in [0.1, 0.15) is 0 Å². The summed E-state index contributed by atoms with van der Waals surface area (Å²) >= 11 is 13.4. The van der Waals surface area contributed by atoms with E-state index in [2.05, 4.69) is 10.3 Å². The van der Waals surface area contributed by atoms with Gasteiger partial charge in [0.25, 0.3) is 5.91 Å². The van der Waals surface area contributed by atoms with Crippen LogP contribution in [0.1, 0.15) is 24.2 Å². The summed E-state index contributed by atoms with van der Waals surface area (Å²) in [5.41, 5.74) is 1.68. The Morgan fingerprint density at radius 1 is 1.11 bits per heavy atom. The number of carbonyl (C=O) groups is 1. The first-order valence-corrected chi connectivity index (χ1v) is 11.4. The number of sulfone groups is 1. The van der Waals surface area contributed by atoms with E-state index in [1.165, 1.54) is 35.6 Å². The van der Waals surface area contributed by atoms with Crippen molar-refractivity contribution in [2.45, 2.75) is 24.0 Å². The lowest BCUT2D eigenvalue weighted by Crippen LogP contribution is -2.15. The maximum absolute atomic E-state index is 12.4. The van der Waals surface area contributed by atoms with Crippen molar-refractivity contribution in [2.75, 3.05) is 5.32 Å². The molecule has 0 saturated carbocycles. The van der Waals surface area contributed by atoms with Crippen LogP contribution in [-0.2, 0) is 9.84 Å². The Bertz CT molecular complexity index is 1120. The molecular weight excluding hydrogens is 439 g/mol. The van der Waals surface area contributed by atoms with Crippen molar-refractivity contribution < 1.29 is 13.2 Å². The molecule has 0 bridgehead atoms. The molecule has 28 heavy (non-hydrogen) atoms. The molecule has 0 fully saturated rings. The van der Waals surface area contributed by atoms with Gasteiger partial charge in [-0.2, -0.15) is 0 Å². The van der Waals surface area contributed by atoms with Crippen molar-refractivity contribution in [2.24, 2.45) is 0 Å². The van der Waals surface area contributed by atoms with E-state index in [4.69, 9.17) is 23.2 Å². The standard InChI is InChI=1S/C19H16Cl2N2O3S2/c1-11(2)28(25,26)14-6-3-12(4-7-14)18(24)23-19-22-17(10-27-19)15-8-5-13(20)9-16(15)21/h3-11H,1-2H3,(H,22,23,24). The first-order valence-electron chi connectivity index (χ1n) is 8.25. The average molecular weight is 455 g/mol. The first-order chi connectivity index (χ1) is 13.2. The van der Waals surface area contributed by atoms with Crippen molar-refractivity contribution in [3.8, 4) is 11.3 Å². The molecule has 146 valence electrons. The second kappa shape index (κ2) is 8.21. The Morgan fingerprint density at radius 2 is 1.79 bits per heavy atom. The highest BCUT2D eigenvalue weighted by atomic mass is 35.5. The Balaban J connectivity index is 1.76. The van der Waals surface area contributed by atoms with E-state index < -0.39 is 15.1 Å². The van der Waals surface area contributed by atoms with Crippen LogP contribution in [0.5, 0.6) is 0 Å². The highest BCUT2D eigenvalue weighted by Gasteiger charge is 2.19. The molecule has 0 saturated heterocycles. The Kier molecular flexibility index (Phi) is 6.09. The molecule has 2 aromatic carbocycles. The zero-order chi connectivity index (χ0) is 20.5. The van der Waals surface area contributed by atoms with Crippen LogP contribution in [0.15, 0.2) is 52.7 Å². The number of hydrogen-bond donors (Lipinski definition) is 1. The minimum Gasteiger partial charge on any atom is -0.298 e. The zero-order valence-electron chi connectivity index (χ0n) is 14.9. The van der Waals surface area contributed by atoms with Crippen LogP contribution in [0.25, 0.3) is 11.3 Å². The lowest BCUT2D eigenvalue weighted by Gasteiger charge is -2.08. The third-order valence-electron chi connectivity index (χ3n) is 4.00.